The Morgan fingerprint density at radius 1 is 1.00 bits per heavy atom. The van der Waals surface area contributed by atoms with Crippen molar-refractivity contribution in [3.63, 3.8) is 0 Å². The van der Waals surface area contributed by atoms with Gasteiger partial charge >= 0.3 is 11.9 Å². The summed E-state index contributed by atoms with van der Waals surface area (Å²) >= 11 is 0. The van der Waals surface area contributed by atoms with Crippen LogP contribution in [0.1, 0.15) is 50.2 Å². The van der Waals surface area contributed by atoms with Crippen LogP contribution in [0.4, 0.5) is 11.4 Å². The summed E-state index contributed by atoms with van der Waals surface area (Å²) in [6, 6.07) is 12.0. The highest BCUT2D eigenvalue weighted by atomic mass is 16.5. The van der Waals surface area contributed by atoms with E-state index in [1.165, 1.54) is 6.08 Å². The number of nitrogen functional groups attached to an aromatic ring is 2. The van der Waals surface area contributed by atoms with E-state index >= 15 is 0 Å². The molecule has 7 nitrogen and oxygen atoms in total. The second-order valence-corrected chi connectivity index (χ2v) is 8.28. The summed E-state index contributed by atoms with van der Waals surface area (Å²) in [6.07, 6.45) is 7.62. The van der Waals surface area contributed by atoms with Gasteiger partial charge in [-0.2, -0.15) is 0 Å². The first kappa shape index (κ1) is 24.3. The maximum atomic E-state index is 12.5. The van der Waals surface area contributed by atoms with Gasteiger partial charge in [0, 0.05) is 24.1 Å². The normalized spacial score (nSPS) is 18.2. The van der Waals surface area contributed by atoms with Gasteiger partial charge in [0.2, 0.25) is 0 Å². The lowest BCUT2D eigenvalue weighted by molar-refractivity contribution is -0.141. The predicted molar refractivity (Wildman–Crippen MR) is 128 cm³/mol. The monoisotopic (exact) mass is 452 g/mol. The number of anilines is 2. The molecule has 2 aromatic carbocycles. The van der Waals surface area contributed by atoms with E-state index in [0.29, 0.717) is 17.1 Å². The minimum absolute atomic E-state index is 0.0833. The van der Waals surface area contributed by atoms with Crippen molar-refractivity contribution in [3.8, 4) is 5.75 Å². The number of ether oxygens (including phenoxy) is 3. The molecule has 0 spiro atoms. The van der Waals surface area contributed by atoms with Crippen LogP contribution in [0.2, 0.25) is 0 Å². The van der Waals surface area contributed by atoms with E-state index < -0.39 is 5.97 Å². The van der Waals surface area contributed by atoms with E-state index in [1.807, 2.05) is 0 Å². The second kappa shape index (κ2) is 12.1. The van der Waals surface area contributed by atoms with E-state index in [1.54, 1.807) is 48.5 Å². The van der Waals surface area contributed by atoms with Crippen LogP contribution in [0.15, 0.2) is 48.5 Å². The zero-order valence-corrected chi connectivity index (χ0v) is 19.0. The molecule has 33 heavy (non-hydrogen) atoms. The molecule has 7 heteroatoms. The van der Waals surface area contributed by atoms with E-state index in [-0.39, 0.29) is 24.6 Å². The molecule has 1 aliphatic rings. The predicted octanol–water partition coefficient (Wildman–Crippen LogP) is 4.50. The van der Waals surface area contributed by atoms with Crippen molar-refractivity contribution in [1.82, 2.24) is 0 Å². The van der Waals surface area contributed by atoms with Gasteiger partial charge in [0.05, 0.1) is 12.0 Å². The van der Waals surface area contributed by atoms with Gasteiger partial charge < -0.3 is 25.7 Å². The second-order valence-electron chi connectivity index (χ2n) is 8.28. The Bertz CT molecular complexity index is 943. The number of carbonyl (C=O) groups excluding carboxylic acids is 2. The molecule has 0 amide bonds. The number of benzene rings is 2. The molecular formula is C26H32N2O5. The third kappa shape index (κ3) is 7.95. The van der Waals surface area contributed by atoms with Crippen LogP contribution >= 0.6 is 0 Å². The number of nitrogens with two attached hydrogens (primary N) is 2. The molecule has 1 aliphatic carbocycles. The summed E-state index contributed by atoms with van der Waals surface area (Å²) < 4.78 is 16.5. The lowest BCUT2D eigenvalue weighted by Crippen LogP contribution is -2.29. The SMILES string of the molecule is CCCOC1CCC(C(=O)Oc2ccc(C=CC(=O)OCc3cc(N)cc(N)c3)cc2)CC1. The number of esters is 2. The fourth-order valence-electron chi connectivity index (χ4n) is 3.79. The van der Waals surface area contributed by atoms with Gasteiger partial charge in [-0.15, -0.1) is 0 Å². The summed E-state index contributed by atoms with van der Waals surface area (Å²) in [5.41, 5.74) is 14.0. The molecule has 0 aromatic heterocycles. The van der Waals surface area contributed by atoms with Crippen molar-refractivity contribution in [2.24, 2.45) is 5.92 Å². The minimum Gasteiger partial charge on any atom is -0.458 e. The molecule has 1 fully saturated rings. The van der Waals surface area contributed by atoms with Crippen LogP contribution in [0.3, 0.4) is 0 Å². The summed E-state index contributed by atoms with van der Waals surface area (Å²) in [5, 5.41) is 0. The molecule has 3 rings (SSSR count). The number of hydrogen-bond acceptors (Lipinski definition) is 7. The Hall–Kier alpha value is -3.32. The molecule has 0 saturated heterocycles. The van der Waals surface area contributed by atoms with Crippen LogP contribution in [0.5, 0.6) is 5.75 Å². The standard InChI is InChI=1S/C26H32N2O5/c1-2-13-31-23-10-6-20(7-11-23)26(30)33-24-8-3-18(4-9-24)5-12-25(29)32-17-19-14-21(27)16-22(28)15-19/h3-5,8-9,12,14-16,20,23H,2,6-7,10-11,13,17,27-28H2,1H3. The van der Waals surface area contributed by atoms with Gasteiger partial charge in [-0.1, -0.05) is 19.1 Å². The van der Waals surface area contributed by atoms with Gasteiger partial charge in [-0.3, -0.25) is 4.79 Å². The van der Waals surface area contributed by atoms with Gasteiger partial charge in [-0.25, -0.2) is 4.79 Å². The smallest absolute Gasteiger partial charge is 0.331 e. The lowest BCUT2D eigenvalue weighted by Gasteiger charge is -2.27. The maximum absolute atomic E-state index is 12.5. The molecule has 0 heterocycles. The molecule has 4 N–H and O–H groups in total. The van der Waals surface area contributed by atoms with E-state index in [0.717, 1.165) is 49.8 Å². The van der Waals surface area contributed by atoms with Crippen molar-refractivity contribution >= 4 is 29.4 Å². The molecule has 0 radical (unpaired) electrons. The summed E-state index contributed by atoms with van der Waals surface area (Å²) in [6.45, 7) is 2.95. The van der Waals surface area contributed by atoms with Crippen LogP contribution in [0.25, 0.3) is 6.08 Å². The van der Waals surface area contributed by atoms with Crippen LogP contribution in [-0.2, 0) is 25.7 Å². The Morgan fingerprint density at radius 3 is 2.30 bits per heavy atom. The Labute approximate surface area is 194 Å². The molecule has 0 aliphatic heterocycles. The van der Waals surface area contributed by atoms with Crippen molar-refractivity contribution in [1.29, 1.82) is 0 Å². The fourth-order valence-corrected chi connectivity index (χ4v) is 3.79. The Balaban J connectivity index is 1.43. The molecule has 176 valence electrons. The quantitative estimate of drug-likeness (QED) is 0.249. The average Bonchev–Trinajstić information content (AvgIpc) is 2.80. The zero-order chi connectivity index (χ0) is 23.6. The lowest BCUT2D eigenvalue weighted by atomic mass is 9.87. The number of carbonyl (C=O) groups is 2. The van der Waals surface area contributed by atoms with Crippen molar-refractivity contribution in [2.75, 3.05) is 18.1 Å². The average molecular weight is 453 g/mol. The van der Waals surface area contributed by atoms with Gasteiger partial charge in [0.25, 0.3) is 0 Å². The first-order valence-corrected chi connectivity index (χ1v) is 11.4. The van der Waals surface area contributed by atoms with E-state index in [4.69, 9.17) is 25.7 Å². The van der Waals surface area contributed by atoms with Crippen molar-refractivity contribution < 1.29 is 23.8 Å². The van der Waals surface area contributed by atoms with Crippen molar-refractivity contribution in [3.05, 3.63) is 59.7 Å². The molecule has 0 bridgehead atoms. The van der Waals surface area contributed by atoms with Crippen LogP contribution < -0.4 is 16.2 Å². The first-order chi connectivity index (χ1) is 15.9. The van der Waals surface area contributed by atoms with Crippen LogP contribution in [0, 0.1) is 5.92 Å². The molecule has 1 saturated carbocycles. The minimum atomic E-state index is -0.481. The van der Waals surface area contributed by atoms with Gasteiger partial charge in [0.15, 0.2) is 0 Å². The van der Waals surface area contributed by atoms with E-state index in [9.17, 15) is 9.59 Å². The molecule has 2 aromatic rings. The third-order valence-corrected chi connectivity index (χ3v) is 5.49. The summed E-state index contributed by atoms with van der Waals surface area (Å²) in [7, 11) is 0. The largest absolute Gasteiger partial charge is 0.458 e. The highest BCUT2D eigenvalue weighted by molar-refractivity contribution is 5.87. The third-order valence-electron chi connectivity index (χ3n) is 5.49. The van der Waals surface area contributed by atoms with Gasteiger partial charge in [-0.05, 0) is 79.6 Å². The molecule has 0 unspecified atom stereocenters. The number of rotatable bonds is 9. The summed E-state index contributed by atoms with van der Waals surface area (Å²) in [5.74, 6) is -0.275. The number of hydrogen-bond donors (Lipinski definition) is 2. The topological polar surface area (TPSA) is 114 Å². The Kier molecular flexibility index (Phi) is 8.89. The fraction of sp³-hybridized carbons (Fsp3) is 0.385. The highest BCUT2D eigenvalue weighted by Crippen LogP contribution is 2.28. The van der Waals surface area contributed by atoms with E-state index in [2.05, 4.69) is 6.92 Å². The summed E-state index contributed by atoms with van der Waals surface area (Å²) in [4.78, 5) is 24.4. The molecular weight excluding hydrogens is 420 g/mol. The maximum Gasteiger partial charge on any atom is 0.331 e. The van der Waals surface area contributed by atoms with Crippen LogP contribution in [-0.4, -0.2) is 24.6 Å². The zero-order valence-electron chi connectivity index (χ0n) is 19.0. The molecule has 0 atom stereocenters. The highest BCUT2D eigenvalue weighted by Gasteiger charge is 2.28. The first-order valence-electron chi connectivity index (χ1n) is 11.4. The van der Waals surface area contributed by atoms with Crippen molar-refractivity contribution in [2.45, 2.75) is 51.7 Å². The van der Waals surface area contributed by atoms with Gasteiger partial charge in [0.1, 0.15) is 12.4 Å². The Morgan fingerprint density at radius 2 is 1.67 bits per heavy atom.